The van der Waals surface area contributed by atoms with Gasteiger partial charge in [-0.25, -0.2) is 3.96 Å². The summed E-state index contributed by atoms with van der Waals surface area (Å²) in [5.74, 6) is 0.914. The molecule has 3 nitrogen and oxygen atoms in total. The Morgan fingerprint density at radius 1 is 1.14 bits per heavy atom. The van der Waals surface area contributed by atoms with E-state index in [0.717, 1.165) is 21.9 Å². The van der Waals surface area contributed by atoms with Crippen LogP contribution in [0.4, 0.5) is 0 Å². The zero-order chi connectivity index (χ0) is 15.4. The molecule has 0 fully saturated rings. The Hall–Kier alpha value is -2.46. The summed E-state index contributed by atoms with van der Waals surface area (Å²) in [6.07, 6.45) is 1.78. The van der Waals surface area contributed by atoms with Gasteiger partial charge >= 0.3 is 0 Å². The van der Waals surface area contributed by atoms with E-state index in [2.05, 4.69) is 63.8 Å². The highest BCUT2D eigenvalue weighted by atomic mass is 32.1. The minimum atomic E-state index is 0.579. The molecule has 0 aliphatic heterocycles. The molecule has 1 heterocycles. The third-order valence-corrected chi connectivity index (χ3v) is 4.17. The van der Waals surface area contributed by atoms with Gasteiger partial charge in [0.05, 0.1) is 12.2 Å². The number of nitrogens with zero attached hydrogens (tertiary/aromatic N) is 3. The van der Waals surface area contributed by atoms with E-state index in [1.165, 1.54) is 5.56 Å². The first-order valence-electron chi connectivity index (χ1n) is 7.12. The Bertz CT molecular complexity index is 827. The SMILES string of the molecule is C=CCN=c1nc(-c2ccccc2)n(-c2ccc(C)cc2)s1. The summed E-state index contributed by atoms with van der Waals surface area (Å²) in [7, 11) is 0. The van der Waals surface area contributed by atoms with Crippen LogP contribution in [-0.2, 0) is 0 Å². The van der Waals surface area contributed by atoms with E-state index in [0.29, 0.717) is 6.54 Å². The highest BCUT2D eigenvalue weighted by Gasteiger charge is 2.10. The Morgan fingerprint density at radius 2 is 1.86 bits per heavy atom. The Kier molecular flexibility index (Phi) is 4.30. The van der Waals surface area contributed by atoms with Crippen LogP contribution in [0.15, 0.2) is 72.2 Å². The molecular weight excluding hydrogens is 290 g/mol. The third-order valence-electron chi connectivity index (χ3n) is 3.22. The maximum Gasteiger partial charge on any atom is 0.223 e. The largest absolute Gasteiger partial charge is 0.252 e. The maximum absolute atomic E-state index is 4.68. The highest BCUT2D eigenvalue weighted by Crippen LogP contribution is 2.22. The average Bonchev–Trinajstić information content (AvgIpc) is 2.98. The zero-order valence-corrected chi connectivity index (χ0v) is 13.3. The van der Waals surface area contributed by atoms with Crippen LogP contribution in [0.1, 0.15) is 5.56 Å². The molecular formula is C18H17N3S. The first-order chi connectivity index (χ1) is 10.8. The van der Waals surface area contributed by atoms with Gasteiger partial charge in [-0.15, -0.1) is 6.58 Å². The van der Waals surface area contributed by atoms with Gasteiger partial charge < -0.3 is 0 Å². The van der Waals surface area contributed by atoms with Gasteiger partial charge in [0.15, 0.2) is 5.82 Å². The van der Waals surface area contributed by atoms with Crippen LogP contribution in [0.2, 0.25) is 0 Å². The van der Waals surface area contributed by atoms with E-state index < -0.39 is 0 Å². The predicted octanol–water partition coefficient (Wildman–Crippen LogP) is 4.00. The lowest BCUT2D eigenvalue weighted by Crippen LogP contribution is -1.98. The molecule has 3 aromatic rings. The van der Waals surface area contributed by atoms with Crippen LogP contribution in [0, 0.1) is 6.92 Å². The van der Waals surface area contributed by atoms with Crippen molar-refractivity contribution in [3.63, 3.8) is 0 Å². The molecule has 0 saturated heterocycles. The Morgan fingerprint density at radius 3 is 2.55 bits per heavy atom. The molecule has 0 saturated carbocycles. The molecule has 0 aliphatic rings. The molecule has 22 heavy (non-hydrogen) atoms. The Labute approximate surface area is 134 Å². The van der Waals surface area contributed by atoms with Crippen LogP contribution in [0.5, 0.6) is 0 Å². The molecule has 0 bridgehead atoms. The second kappa shape index (κ2) is 6.54. The van der Waals surface area contributed by atoms with Gasteiger partial charge in [0, 0.05) is 5.56 Å². The fourth-order valence-corrected chi connectivity index (χ4v) is 3.00. The summed E-state index contributed by atoms with van der Waals surface area (Å²) in [4.78, 5) is 9.89. The molecule has 0 amide bonds. The van der Waals surface area contributed by atoms with E-state index in [1.54, 1.807) is 17.6 Å². The monoisotopic (exact) mass is 307 g/mol. The second-order valence-electron chi connectivity index (χ2n) is 4.93. The third kappa shape index (κ3) is 3.07. The molecule has 3 rings (SSSR count). The summed E-state index contributed by atoms with van der Waals surface area (Å²) < 4.78 is 2.12. The summed E-state index contributed by atoms with van der Waals surface area (Å²) >= 11 is 1.54. The molecule has 2 aromatic carbocycles. The smallest absolute Gasteiger partial charge is 0.223 e. The van der Waals surface area contributed by atoms with Gasteiger partial charge in [0.1, 0.15) is 0 Å². The predicted molar refractivity (Wildman–Crippen MR) is 92.2 cm³/mol. The first-order valence-corrected chi connectivity index (χ1v) is 7.89. The minimum Gasteiger partial charge on any atom is -0.252 e. The van der Waals surface area contributed by atoms with Gasteiger partial charge in [0.25, 0.3) is 0 Å². The lowest BCUT2D eigenvalue weighted by atomic mass is 10.2. The van der Waals surface area contributed by atoms with Gasteiger partial charge in [-0.2, -0.15) is 4.98 Å². The van der Waals surface area contributed by atoms with Crippen molar-refractivity contribution in [1.82, 2.24) is 8.94 Å². The Balaban J connectivity index is 2.16. The number of aromatic nitrogens is 2. The van der Waals surface area contributed by atoms with E-state index in [1.807, 2.05) is 18.2 Å². The van der Waals surface area contributed by atoms with Crippen molar-refractivity contribution in [1.29, 1.82) is 0 Å². The summed E-state index contributed by atoms with van der Waals surface area (Å²) in [6.45, 7) is 6.37. The average molecular weight is 307 g/mol. The van der Waals surface area contributed by atoms with E-state index in [-0.39, 0.29) is 0 Å². The van der Waals surface area contributed by atoms with Crippen molar-refractivity contribution in [3.8, 4) is 17.1 Å². The molecule has 110 valence electrons. The molecule has 0 N–H and O–H groups in total. The summed E-state index contributed by atoms with van der Waals surface area (Å²) in [5, 5.41) is 0. The summed E-state index contributed by atoms with van der Waals surface area (Å²) in [6, 6.07) is 18.6. The number of aryl methyl sites for hydroxylation is 1. The molecule has 0 radical (unpaired) electrons. The number of benzene rings is 2. The first kappa shape index (κ1) is 14.5. The van der Waals surface area contributed by atoms with Crippen molar-refractivity contribution < 1.29 is 0 Å². The number of hydrogen-bond acceptors (Lipinski definition) is 3. The maximum atomic E-state index is 4.68. The topological polar surface area (TPSA) is 30.2 Å². The van der Waals surface area contributed by atoms with Crippen molar-refractivity contribution in [2.45, 2.75) is 6.92 Å². The van der Waals surface area contributed by atoms with Crippen LogP contribution < -0.4 is 4.80 Å². The van der Waals surface area contributed by atoms with Gasteiger partial charge in [-0.1, -0.05) is 54.1 Å². The van der Waals surface area contributed by atoms with E-state index in [9.17, 15) is 0 Å². The fourth-order valence-electron chi connectivity index (χ4n) is 2.11. The van der Waals surface area contributed by atoms with Crippen molar-refractivity contribution in [3.05, 3.63) is 77.6 Å². The number of hydrogen-bond donors (Lipinski definition) is 0. The van der Waals surface area contributed by atoms with Crippen LogP contribution >= 0.6 is 11.5 Å². The van der Waals surface area contributed by atoms with E-state index >= 15 is 0 Å². The second-order valence-corrected chi connectivity index (χ2v) is 5.85. The fraction of sp³-hybridized carbons (Fsp3) is 0.111. The molecule has 0 aliphatic carbocycles. The standard InChI is InChI=1S/C18H17N3S/c1-3-13-19-18-20-17(15-7-5-4-6-8-15)21(22-18)16-11-9-14(2)10-12-16/h3-12H,1,13H2,2H3. The normalized spacial score (nSPS) is 11.6. The molecule has 0 unspecified atom stereocenters. The lowest BCUT2D eigenvalue weighted by molar-refractivity contribution is 1.08. The molecule has 0 atom stereocenters. The molecule has 0 spiro atoms. The molecule has 4 heteroatoms. The van der Waals surface area contributed by atoms with Crippen LogP contribution in [0.25, 0.3) is 17.1 Å². The van der Waals surface area contributed by atoms with Crippen LogP contribution in [-0.4, -0.2) is 15.5 Å². The van der Waals surface area contributed by atoms with Crippen molar-refractivity contribution in [2.75, 3.05) is 6.54 Å². The lowest BCUT2D eigenvalue weighted by Gasteiger charge is -2.06. The quantitative estimate of drug-likeness (QED) is 0.670. The number of rotatable bonds is 4. The zero-order valence-electron chi connectivity index (χ0n) is 12.4. The van der Waals surface area contributed by atoms with Gasteiger partial charge in [-0.3, -0.25) is 4.99 Å². The van der Waals surface area contributed by atoms with Crippen molar-refractivity contribution >= 4 is 11.5 Å². The summed E-state index contributed by atoms with van der Waals surface area (Å²) in [5.41, 5.74) is 3.42. The van der Waals surface area contributed by atoms with Gasteiger partial charge in [0.2, 0.25) is 4.80 Å². The van der Waals surface area contributed by atoms with E-state index in [4.69, 9.17) is 0 Å². The minimum absolute atomic E-state index is 0.579. The van der Waals surface area contributed by atoms with Crippen LogP contribution in [0.3, 0.4) is 0 Å². The molecule has 1 aromatic heterocycles. The highest BCUT2D eigenvalue weighted by molar-refractivity contribution is 7.04. The van der Waals surface area contributed by atoms with Gasteiger partial charge in [-0.05, 0) is 30.6 Å². The van der Waals surface area contributed by atoms with Crippen molar-refractivity contribution in [2.24, 2.45) is 4.99 Å².